The molecule has 152 valence electrons. The zero-order valence-electron chi connectivity index (χ0n) is 17.7. The first-order valence-electron chi connectivity index (χ1n) is 11.7. The van der Waals surface area contributed by atoms with Crippen LogP contribution >= 0.6 is 0 Å². The molecule has 0 radical (unpaired) electrons. The second kappa shape index (κ2) is 22.0. The van der Waals surface area contributed by atoms with Gasteiger partial charge in [-0.1, -0.05) is 110 Å². The highest BCUT2D eigenvalue weighted by molar-refractivity contribution is 4.59. The fourth-order valence-corrected chi connectivity index (χ4v) is 3.59. The molecule has 0 bridgehead atoms. The van der Waals surface area contributed by atoms with Crippen LogP contribution in [0.4, 0.5) is 0 Å². The fourth-order valence-electron chi connectivity index (χ4n) is 3.59. The zero-order chi connectivity index (χ0) is 18.4. The summed E-state index contributed by atoms with van der Waals surface area (Å²) in [7, 11) is 0. The fraction of sp³-hybridized carbons (Fsp3) is 1.00. The van der Waals surface area contributed by atoms with Crippen LogP contribution in [0.5, 0.6) is 0 Å². The van der Waals surface area contributed by atoms with Gasteiger partial charge in [-0.3, -0.25) is 0 Å². The standard InChI is InChI=1S/C23H49NO/c1-3-5-7-9-11-13-15-17-19-21-24(22-23-25)20-18-16-14-12-10-8-6-4-2/h25H,3-23H2,1-2H3. The third kappa shape index (κ3) is 20.1. The number of aliphatic hydroxyl groups excluding tert-OH is 1. The van der Waals surface area contributed by atoms with Crippen LogP contribution in [-0.4, -0.2) is 36.2 Å². The maximum absolute atomic E-state index is 9.26. The van der Waals surface area contributed by atoms with Crippen molar-refractivity contribution in [2.45, 2.75) is 123 Å². The summed E-state index contributed by atoms with van der Waals surface area (Å²) >= 11 is 0. The van der Waals surface area contributed by atoms with Gasteiger partial charge in [-0.25, -0.2) is 0 Å². The molecule has 0 aliphatic rings. The summed E-state index contributed by atoms with van der Waals surface area (Å²) in [6.07, 6.45) is 23.6. The molecule has 0 spiro atoms. The van der Waals surface area contributed by atoms with Crippen molar-refractivity contribution >= 4 is 0 Å². The van der Waals surface area contributed by atoms with Crippen molar-refractivity contribution in [1.82, 2.24) is 4.90 Å². The van der Waals surface area contributed by atoms with Gasteiger partial charge in [0.05, 0.1) is 6.61 Å². The molecule has 2 heteroatoms. The Hall–Kier alpha value is -0.0800. The molecule has 0 aliphatic carbocycles. The van der Waals surface area contributed by atoms with Gasteiger partial charge in [0.25, 0.3) is 0 Å². The van der Waals surface area contributed by atoms with E-state index in [4.69, 9.17) is 0 Å². The Morgan fingerprint density at radius 1 is 0.440 bits per heavy atom. The average Bonchev–Trinajstić information content (AvgIpc) is 2.62. The number of nitrogens with zero attached hydrogens (tertiary/aromatic N) is 1. The van der Waals surface area contributed by atoms with Crippen molar-refractivity contribution in [3.8, 4) is 0 Å². The molecule has 0 aliphatic heterocycles. The van der Waals surface area contributed by atoms with E-state index in [2.05, 4.69) is 18.7 Å². The van der Waals surface area contributed by atoms with E-state index in [-0.39, 0.29) is 0 Å². The van der Waals surface area contributed by atoms with Crippen LogP contribution in [0.2, 0.25) is 0 Å². The van der Waals surface area contributed by atoms with Crippen molar-refractivity contribution in [3.05, 3.63) is 0 Å². The molecule has 0 unspecified atom stereocenters. The van der Waals surface area contributed by atoms with E-state index in [0.717, 1.165) is 6.54 Å². The molecule has 1 N–H and O–H groups in total. The van der Waals surface area contributed by atoms with Crippen molar-refractivity contribution in [1.29, 1.82) is 0 Å². The van der Waals surface area contributed by atoms with Crippen molar-refractivity contribution in [2.24, 2.45) is 0 Å². The molecule has 0 aromatic heterocycles. The molecule has 0 aromatic rings. The molecular weight excluding hydrogens is 306 g/mol. The minimum absolute atomic E-state index is 0.314. The van der Waals surface area contributed by atoms with E-state index in [1.165, 1.54) is 122 Å². The van der Waals surface area contributed by atoms with Crippen molar-refractivity contribution < 1.29 is 5.11 Å². The third-order valence-corrected chi connectivity index (χ3v) is 5.32. The van der Waals surface area contributed by atoms with E-state index in [9.17, 15) is 5.11 Å². The lowest BCUT2D eigenvalue weighted by Gasteiger charge is -2.21. The summed E-state index contributed by atoms with van der Waals surface area (Å²) in [6.45, 7) is 8.12. The highest BCUT2D eigenvalue weighted by Gasteiger charge is 2.04. The normalized spacial score (nSPS) is 11.5. The minimum Gasteiger partial charge on any atom is -0.395 e. The zero-order valence-corrected chi connectivity index (χ0v) is 17.7. The van der Waals surface area contributed by atoms with Gasteiger partial charge in [-0.05, 0) is 25.9 Å². The predicted molar refractivity (Wildman–Crippen MR) is 113 cm³/mol. The van der Waals surface area contributed by atoms with Crippen molar-refractivity contribution in [3.63, 3.8) is 0 Å². The Morgan fingerprint density at radius 2 is 0.760 bits per heavy atom. The molecule has 0 rings (SSSR count). The predicted octanol–water partition coefficient (Wildman–Crippen LogP) is 6.95. The molecule has 0 saturated carbocycles. The highest BCUT2D eigenvalue weighted by atomic mass is 16.3. The maximum atomic E-state index is 9.26. The molecular formula is C23H49NO. The van der Waals surface area contributed by atoms with E-state index >= 15 is 0 Å². The number of rotatable bonds is 21. The van der Waals surface area contributed by atoms with Gasteiger partial charge in [0.15, 0.2) is 0 Å². The van der Waals surface area contributed by atoms with E-state index in [0.29, 0.717) is 6.61 Å². The summed E-state index contributed by atoms with van der Waals surface area (Å²) in [5, 5.41) is 9.26. The van der Waals surface area contributed by atoms with Gasteiger partial charge >= 0.3 is 0 Å². The summed E-state index contributed by atoms with van der Waals surface area (Å²) < 4.78 is 0. The lowest BCUT2D eigenvalue weighted by molar-refractivity contribution is 0.190. The van der Waals surface area contributed by atoms with Crippen molar-refractivity contribution in [2.75, 3.05) is 26.2 Å². The molecule has 0 saturated heterocycles. The first-order chi connectivity index (χ1) is 12.3. The highest BCUT2D eigenvalue weighted by Crippen LogP contribution is 2.11. The van der Waals surface area contributed by atoms with Crippen LogP contribution in [0, 0.1) is 0 Å². The Labute approximate surface area is 159 Å². The maximum Gasteiger partial charge on any atom is 0.0558 e. The van der Waals surface area contributed by atoms with E-state index in [1.54, 1.807) is 0 Å². The quantitative estimate of drug-likeness (QED) is 0.225. The van der Waals surface area contributed by atoms with E-state index in [1.807, 2.05) is 0 Å². The number of unbranched alkanes of at least 4 members (excludes halogenated alkanes) is 15. The van der Waals surface area contributed by atoms with Gasteiger partial charge in [-0.2, -0.15) is 0 Å². The lowest BCUT2D eigenvalue weighted by atomic mass is 10.1. The first kappa shape index (κ1) is 24.9. The van der Waals surface area contributed by atoms with Crippen LogP contribution < -0.4 is 0 Å². The number of aliphatic hydroxyl groups is 1. The SMILES string of the molecule is CCCCCCCCCCCN(CCO)CCCCCCCCCC. The minimum atomic E-state index is 0.314. The summed E-state index contributed by atoms with van der Waals surface area (Å²) in [4.78, 5) is 2.48. The Balaban J connectivity index is 3.42. The number of hydrogen-bond donors (Lipinski definition) is 1. The summed E-state index contributed by atoms with van der Waals surface area (Å²) in [5.41, 5.74) is 0. The van der Waals surface area contributed by atoms with E-state index < -0.39 is 0 Å². The molecule has 2 nitrogen and oxygen atoms in total. The second-order valence-electron chi connectivity index (χ2n) is 7.87. The van der Waals surface area contributed by atoms with Crippen LogP contribution in [0.25, 0.3) is 0 Å². The third-order valence-electron chi connectivity index (χ3n) is 5.32. The monoisotopic (exact) mass is 355 g/mol. The van der Waals surface area contributed by atoms with Crippen LogP contribution in [0.15, 0.2) is 0 Å². The van der Waals surface area contributed by atoms with Crippen LogP contribution in [-0.2, 0) is 0 Å². The second-order valence-corrected chi connectivity index (χ2v) is 7.87. The topological polar surface area (TPSA) is 23.5 Å². The van der Waals surface area contributed by atoms with Crippen LogP contribution in [0.3, 0.4) is 0 Å². The van der Waals surface area contributed by atoms with Crippen LogP contribution in [0.1, 0.15) is 123 Å². The number of hydrogen-bond acceptors (Lipinski definition) is 2. The van der Waals surface area contributed by atoms with Gasteiger partial charge in [-0.15, -0.1) is 0 Å². The Bertz CT molecular complexity index is 232. The Morgan fingerprint density at radius 3 is 1.08 bits per heavy atom. The van der Waals surface area contributed by atoms with Gasteiger partial charge in [0, 0.05) is 6.54 Å². The van der Waals surface area contributed by atoms with Gasteiger partial charge < -0.3 is 10.0 Å². The molecule has 0 atom stereocenters. The summed E-state index contributed by atoms with van der Waals surface area (Å²) in [5.74, 6) is 0. The molecule has 0 fully saturated rings. The molecule has 0 heterocycles. The largest absolute Gasteiger partial charge is 0.395 e. The first-order valence-corrected chi connectivity index (χ1v) is 11.7. The Kier molecular flexibility index (Phi) is 21.9. The van der Waals surface area contributed by atoms with Gasteiger partial charge in [0.2, 0.25) is 0 Å². The average molecular weight is 356 g/mol. The molecule has 0 amide bonds. The molecule has 0 aromatic carbocycles. The molecule has 25 heavy (non-hydrogen) atoms. The lowest BCUT2D eigenvalue weighted by Crippen LogP contribution is -2.29. The summed E-state index contributed by atoms with van der Waals surface area (Å²) in [6, 6.07) is 0. The van der Waals surface area contributed by atoms with Gasteiger partial charge in [0.1, 0.15) is 0 Å². The smallest absolute Gasteiger partial charge is 0.0558 e.